The maximum atomic E-state index is 13.2. The first kappa shape index (κ1) is 24.0. The van der Waals surface area contributed by atoms with Gasteiger partial charge in [0.1, 0.15) is 12.4 Å². The van der Waals surface area contributed by atoms with Crippen LogP contribution in [0.15, 0.2) is 24.3 Å². The first-order chi connectivity index (χ1) is 16.0. The van der Waals surface area contributed by atoms with Crippen molar-refractivity contribution < 1.29 is 14.3 Å². The Kier molecular flexibility index (Phi) is 8.25. The lowest BCUT2D eigenvalue weighted by atomic mass is 9.73. The molecule has 7 nitrogen and oxygen atoms in total. The number of piperidine rings is 1. The lowest BCUT2D eigenvalue weighted by Gasteiger charge is -2.40. The van der Waals surface area contributed by atoms with Gasteiger partial charge in [0.2, 0.25) is 11.8 Å². The number of likely N-dealkylation sites (tertiary alicyclic amines) is 2. The van der Waals surface area contributed by atoms with E-state index in [1.54, 1.807) is 0 Å². The van der Waals surface area contributed by atoms with Gasteiger partial charge in [0.25, 0.3) is 0 Å². The number of nitrogens with one attached hydrogen (secondary N) is 2. The molecule has 3 aliphatic heterocycles. The monoisotopic (exact) mass is 456 g/mol. The quantitative estimate of drug-likeness (QED) is 0.726. The maximum Gasteiger partial charge on any atom is 0.234 e. The van der Waals surface area contributed by atoms with Crippen molar-refractivity contribution in [1.82, 2.24) is 20.4 Å². The van der Waals surface area contributed by atoms with Crippen molar-refractivity contribution >= 4 is 11.8 Å². The van der Waals surface area contributed by atoms with E-state index in [9.17, 15) is 9.59 Å². The average Bonchev–Trinajstić information content (AvgIpc) is 3.24. The van der Waals surface area contributed by atoms with Gasteiger partial charge in [-0.05, 0) is 82.8 Å². The molecule has 182 valence electrons. The number of rotatable bonds is 4. The fourth-order valence-electron chi connectivity index (χ4n) is 5.58. The molecular formula is C26H40N4O3. The van der Waals surface area contributed by atoms with Crippen molar-refractivity contribution in [2.24, 2.45) is 11.3 Å². The van der Waals surface area contributed by atoms with Gasteiger partial charge in [0, 0.05) is 13.1 Å². The van der Waals surface area contributed by atoms with Gasteiger partial charge >= 0.3 is 0 Å². The molecular weight excluding hydrogens is 416 g/mol. The van der Waals surface area contributed by atoms with Crippen molar-refractivity contribution in [2.45, 2.75) is 44.9 Å². The molecule has 2 amide bonds. The smallest absolute Gasteiger partial charge is 0.234 e. The van der Waals surface area contributed by atoms with Crippen LogP contribution in [0.4, 0.5) is 0 Å². The summed E-state index contributed by atoms with van der Waals surface area (Å²) >= 11 is 0. The molecule has 1 aromatic carbocycles. The van der Waals surface area contributed by atoms with E-state index in [2.05, 4.69) is 39.6 Å². The molecule has 0 radical (unpaired) electrons. The number of carbonyl (C=O) groups excluding carboxylic acids is 2. The third-order valence-corrected chi connectivity index (χ3v) is 7.71. The number of para-hydroxylation sites is 1. The Morgan fingerprint density at radius 3 is 2.79 bits per heavy atom. The molecule has 4 rings (SSSR count). The van der Waals surface area contributed by atoms with Crippen molar-refractivity contribution in [3.05, 3.63) is 29.8 Å². The molecule has 0 bridgehead atoms. The minimum atomic E-state index is -0.319. The molecule has 0 aromatic heterocycles. The number of hydrogen-bond donors (Lipinski definition) is 2. The van der Waals surface area contributed by atoms with Gasteiger partial charge in [-0.3, -0.25) is 14.5 Å². The summed E-state index contributed by atoms with van der Waals surface area (Å²) < 4.78 is 5.94. The van der Waals surface area contributed by atoms with Crippen LogP contribution in [0.5, 0.6) is 5.75 Å². The average molecular weight is 457 g/mol. The molecule has 1 spiro atoms. The zero-order valence-electron chi connectivity index (χ0n) is 20.1. The number of carbonyl (C=O) groups is 2. The fraction of sp³-hybridized carbons (Fsp3) is 0.692. The number of benzene rings is 1. The highest BCUT2D eigenvalue weighted by molar-refractivity contribution is 5.83. The van der Waals surface area contributed by atoms with Crippen LogP contribution in [-0.4, -0.2) is 81.1 Å². The third kappa shape index (κ3) is 6.48. The van der Waals surface area contributed by atoms with Gasteiger partial charge in [0.05, 0.1) is 18.5 Å². The van der Waals surface area contributed by atoms with Crippen LogP contribution in [0.3, 0.4) is 0 Å². The van der Waals surface area contributed by atoms with Crippen LogP contribution >= 0.6 is 0 Å². The molecule has 2 saturated heterocycles. The van der Waals surface area contributed by atoms with E-state index < -0.39 is 0 Å². The Labute approximate surface area is 198 Å². The Bertz CT molecular complexity index is 806. The van der Waals surface area contributed by atoms with Gasteiger partial charge in [-0.25, -0.2) is 0 Å². The van der Waals surface area contributed by atoms with Crippen molar-refractivity contribution in [3.63, 3.8) is 0 Å². The summed E-state index contributed by atoms with van der Waals surface area (Å²) in [5.41, 5.74) is 0.934. The molecule has 1 unspecified atom stereocenters. The first-order valence-electron chi connectivity index (χ1n) is 12.7. The van der Waals surface area contributed by atoms with Gasteiger partial charge in [-0.15, -0.1) is 0 Å². The Morgan fingerprint density at radius 2 is 2.00 bits per heavy atom. The molecule has 1 atom stereocenters. The topological polar surface area (TPSA) is 73.9 Å². The van der Waals surface area contributed by atoms with E-state index in [4.69, 9.17) is 4.74 Å². The van der Waals surface area contributed by atoms with E-state index in [-0.39, 0.29) is 17.2 Å². The van der Waals surface area contributed by atoms with Crippen LogP contribution in [0, 0.1) is 11.3 Å². The van der Waals surface area contributed by atoms with Gasteiger partial charge in [0.15, 0.2) is 0 Å². The van der Waals surface area contributed by atoms with E-state index in [0.717, 1.165) is 83.4 Å². The number of hydrogen-bond acceptors (Lipinski definition) is 5. The molecule has 33 heavy (non-hydrogen) atoms. The Balaban J connectivity index is 1.26. The minimum Gasteiger partial charge on any atom is -0.491 e. The minimum absolute atomic E-state index is 0.111. The SMILES string of the molecule is CN1CCC(CNC(=O)CN2CCC3(CCCCc4ccccc4OCCNC3=O)CC2)C1. The summed E-state index contributed by atoms with van der Waals surface area (Å²) in [6.45, 7) is 6.01. The van der Waals surface area contributed by atoms with E-state index in [1.165, 1.54) is 5.56 Å². The maximum absolute atomic E-state index is 13.2. The molecule has 3 aliphatic rings. The highest BCUT2D eigenvalue weighted by Gasteiger charge is 2.41. The third-order valence-electron chi connectivity index (χ3n) is 7.71. The summed E-state index contributed by atoms with van der Waals surface area (Å²) in [6, 6.07) is 8.22. The second kappa shape index (κ2) is 11.3. The van der Waals surface area contributed by atoms with E-state index >= 15 is 0 Å². The zero-order chi connectivity index (χ0) is 23.1. The summed E-state index contributed by atoms with van der Waals surface area (Å²) in [5, 5.41) is 6.26. The largest absolute Gasteiger partial charge is 0.491 e. The highest BCUT2D eigenvalue weighted by atomic mass is 16.5. The number of nitrogens with zero attached hydrogens (tertiary/aromatic N) is 2. The Hall–Kier alpha value is -2.12. The summed E-state index contributed by atoms with van der Waals surface area (Å²) in [6.07, 6.45) is 6.77. The lowest BCUT2D eigenvalue weighted by molar-refractivity contribution is -0.135. The second-order valence-corrected chi connectivity index (χ2v) is 10.2. The van der Waals surface area contributed by atoms with Crippen molar-refractivity contribution in [1.29, 1.82) is 0 Å². The van der Waals surface area contributed by atoms with Crippen LogP contribution < -0.4 is 15.4 Å². The van der Waals surface area contributed by atoms with Crippen LogP contribution in [0.2, 0.25) is 0 Å². The van der Waals surface area contributed by atoms with Crippen LogP contribution in [0.1, 0.15) is 44.1 Å². The number of ether oxygens (including phenoxy) is 1. The molecule has 2 N–H and O–H groups in total. The van der Waals surface area contributed by atoms with E-state index in [1.807, 2.05) is 12.1 Å². The summed E-state index contributed by atoms with van der Waals surface area (Å²) in [7, 11) is 2.13. The normalized spacial score (nSPS) is 24.8. The molecule has 1 aromatic rings. The van der Waals surface area contributed by atoms with Gasteiger partial charge in [-0.1, -0.05) is 24.6 Å². The van der Waals surface area contributed by atoms with Gasteiger partial charge in [-0.2, -0.15) is 0 Å². The molecule has 0 aliphatic carbocycles. The first-order valence-corrected chi connectivity index (χ1v) is 12.7. The fourth-order valence-corrected chi connectivity index (χ4v) is 5.58. The molecule has 0 saturated carbocycles. The van der Waals surface area contributed by atoms with Crippen molar-refractivity contribution in [2.75, 3.05) is 59.5 Å². The Morgan fingerprint density at radius 1 is 1.18 bits per heavy atom. The molecule has 7 heteroatoms. The summed E-state index contributed by atoms with van der Waals surface area (Å²) in [5.74, 6) is 1.78. The zero-order valence-corrected chi connectivity index (χ0v) is 20.1. The predicted molar refractivity (Wildman–Crippen MR) is 129 cm³/mol. The second-order valence-electron chi connectivity index (χ2n) is 10.2. The van der Waals surface area contributed by atoms with Gasteiger partial charge < -0.3 is 20.3 Å². The number of aryl methyl sites for hydroxylation is 1. The van der Waals surface area contributed by atoms with Crippen molar-refractivity contribution in [3.8, 4) is 5.75 Å². The molecule has 2 fully saturated rings. The number of fused-ring (bicyclic) bond motifs is 1. The lowest BCUT2D eigenvalue weighted by Crippen LogP contribution is -2.51. The highest BCUT2D eigenvalue weighted by Crippen LogP contribution is 2.37. The predicted octanol–water partition coefficient (Wildman–Crippen LogP) is 2.06. The molecule has 3 heterocycles. The van der Waals surface area contributed by atoms with Crippen LogP contribution in [-0.2, 0) is 16.0 Å². The van der Waals surface area contributed by atoms with E-state index in [0.29, 0.717) is 25.6 Å². The van der Waals surface area contributed by atoms with Crippen LogP contribution in [0.25, 0.3) is 0 Å². The summed E-state index contributed by atoms with van der Waals surface area (Å²) in [4.78, 5) is 30.2. The standard InChI is InChI=1S/C26H40N4O3/c1-29-14-9-21(19-29)18-28-24(31)20-30-15-11-26(12-16-30)10-5-4-7-22-6-2-3-8-23(22)33-17-13-27-25(26)32/h2-3,6,8,21H,4-5,7,9-20H2,1H3,(H,27,32)(H,28,31). The number of amides is 2.